The molecule has 200 valence electrons. The lowest BCUT2D eigenvalue weighted by Crippen LogP contribution is -2.31. The molecule has 2 rings (SSSR count). The number of halogens is 3. The number of ketones is 1. The van der Waals surface area contributed by atoms with E-state index in [9.17, 15) is 22.8 Å². The van der Waals surface area contributed by atoms with Gasteiger partial charge in [0, 0.05) is 35.1 Å². The van der Waals surface area contributed by atoms with Crippen LogP contribution in [-0.2, 0) is 14.3 Å². The first kappa shape index (κ1) is 30.0. The van der Waals surface area contributed by atoms with Gasteiger partial charge in [-0.2, -0.15) is 13.2 Å². The number of thiazole rings is 1. The number of rotatable bonds is 2. The summed E-state index contributed by atoms with van der Waals surface area (Å²) >= 11 is 1.46. The van der Waals surface area contributed by atoms with Crippen molar-refractivity contribution in [2.45, 2.75) is 92.3 Å². The Hall–Kier alpha value is -2.22. The van der Waals surface area contributed by atoms with Gasteiger partial charge in [-0.1, -0.05) is 45.9 Å². The van der Waals surface area contributed by atoms with Crippen molar-refractivity contribution in [3.05, 3.63) is 45.5 Å². The van der Waals surface area contributed by atoms with Gasteiger partial charge in [-0.05, 0) is 57.1 Å². The van der Waals surface area contributed by atoms with Crippen LogP contribution in [0.25, 0.3) is 6.08 Å². The van der Waals surface area contributed by atoms with Gasteiger partial charge in [0.2, 0.25) is 0 Å². The Morgan fingerprint density at radius 2 is 1.89 bits per heavy atom. The molecule has 36 heavy (non-hydrogen) atoms. The number of esters is 1. The first-order valence-electron chi connectivity index (χ1n) is 12.4. The topological polar surface area (TPSA) is 56.3 Å². The highest BCUT2D eigenvalue weighted by Gasteiger charge is 2.34. The number of nitrogens with zero attached hydrogens (tertiary/aromatic N) is 1. The van der Waals surface area contributed by atoms with E-state index in [4.69, 9.17) is 4.74 Å². The van der Waals surface area contributed by atoms with Crippen LogP contribution >= 0.6 is 11.3 Å². The van der Waals surface area contributed by atoms with Crippen LogP contribution in [0, 0.1) is 24.2 Å². The minimum atomic E-state index is -4.48. The van der Waals surface area contributed by atoms with Gasteiger partial charge in [0.15, 0.2) is 0 Å². The molecule has 0 radical (unpaired) electrons. The van der Waals surface area contributed by atoms with Crippen LogP contribution in [0.2, 0.25) is 0 Å². The fourth-order valence-electron chi connectivity index (χ4n) is 4.43. The van der Waals surface area contributed by atoms with E-state index in [2.05, 4.69) is 4.98 Å². The van der Waals surface area contributed by atoms with Crippen LogP contribution in [0.5, 0.6) is 0 Å². The quantitative estimate of drug-likeness (QED) is 0.290. The fraction of sp³-hybridized carbons (Fsp3) is 0.607. The van der Waals surface area contributed by atoms with Crippen LogP contribution < -0.4 is 0 Å². The Labute approximate surface area is 216 Å². The molecule has 1 aromatic rings. The van der Waals surface area contributed by atoms with Crippen LogP contribution in [0.15, 0.2) is 34.8 Å². The van der Waals surface area contributed by atoms with Gasteiger partial charge in [0.25, 0.3) is 0 Å². The SMILES string of the molecule is C/C(=C\c1csc(C)n1)C1C/C=C(/C(F)(F)F)C/C=C/C[C@H](C)C[C@@H](C)C(=O)C(C)(C)CCC(=O)O1. The number of hydrogen-bond acceptors (Lipinski definition) is 5. The summed E-state index contributed by atoms with van der Waals surface area (Å²) in [5.41, 5.74) is -0.0901. The van der Waals surface area contributed by atoms with Crippen molar-refractivity contribution in [1.29, 1.82) is 0 Å². The molecule has 2 heterocycles. The molecule has 0 spiro atoms. The highest BCUT2D eigenvalue weighted by atomic mass is 32.1. The third-order valence-corrected chi connectivity index (χ3v) is 7.40. The first-order chi connectivity index (χ1) is 16.7. The number of cyclic esters (lactones) is 1. The molecule has 0 bridgehead atoms. The summed E-state index contributed by atoms with van der Waals surface area (Å²) in [4.78, 5) is 30.2. The van der Waals surface area contributed by atoms with E-state index >= 15 is 0 Å². The molecule has 1 unspecified atom stereocenters. The lowest BCUT2D eigenvalue weighted by molar-refractivity contribution is -0.148. The maximum atomic E-state index is 13.7. The van der Waals surface area contributed by atoms with Crippen molar-refractivity contribution in [2.24, 2.45) is 17.3 Å². The second-order valence-electron chi connectivity index (χ2n) is 10.5. The van der Waals surface area contributed by atoms with E-state index in [0.717, 1.165) is 11.1 Å². The summed E-state index contributed by atoms with van der Waals surface area (Å²) in [6, 6.07) is 0. The standard InChI is InChI=1S/C28H38F3NO3S/c1-18-9-7-8-10-22(28(29,30)31)11-12-24(19(2)16-23-17-36-21(4)32-23)35-25(33)13-14-27(5,6)26(34)20(3)15-18/h7-8,11,16-18,20,24H,9-10,12-15H2,1-6H3/b8-7+,19-16+,22-11+/t18-,20+,24?/m0/s1. The number of aromatic nitrogens is 1. The normalized spacial score (nSPS) is 28.1. The van der Waals surface area contributed by atoms with Crippen LogP contribution in [0.4, 0.5) is 13.2 Å². The maximum Gasteiger partial charge on any atom is 0.412 e. The highest BCUT2D eigenvalue weighted by molar-refractivity contribution is 7.09. The molecule has 4 nitrogen and oxygen atoms in total. The Morgan fingerprint density at radius 1 is 1.19 bits per heavy atom. The second-order valence-corrected chi connectivity index (χ2v) is 11.6. The molecular weight excluding hydrogens is 487 g/mol. The third kappa shape index (κ3) is 9.34. The van der Waals surface area contributed by atoms with Crippen molar-refractivity contribution in [3.63, 3.8) is 0 Å². The van der Waals surface area contributed by atoms with Gasteiger partial charge < -0.3 is 4.74 Å². The molecule has 0 saturated carbocycles. The molecule has 0 fully saturated rings. The zero-order chi connectivity index (χ0) is 27.1. The molecule has 0 aliphatic carbocycles. The predicted molar refractivity (Wildman–Crippen MR) is 138 cm³/mol. The molecule has 8 heteroatoms. The van der Waals surface area contributed by atoms with Crippen LogP contribution in [-0.4, -0.2) is 29.0 Å². The van der Waals surface area contributed by atoms with Crippen molar-refractivity contribution in [2.75, 3.05) is 0 Å². The van der Waals surface area contributed by atoms with Crippen LogP contribution in [0.3, 0.4) is 0 Å². The molecule has 0 saturated heterocycles. The minimum absolute atomic E-state index is 0.0119. The van der Waals surface area contributed by atoms with E-state index < -0.39 is 29.2 Å². The first-order valence-corrected chi connectivity index (χ1v) is 13.3. The van der Waals surface area contributed by atoms with Gasteiger partial charge in [-0.15, -0.1) is 11.3 Å². The number of ether oxygens (including phenoxy) is 1. The van der Waals surface area contributed by atoms with Crippen molar-refractivity contribution < 1.29 is 27.5 Å². The highest BCUT2D eigenvalue weighted by Crippen LogP contribution is 2.33. The number of carbonyl (C=O) groups excluding carboxylic acids is 2. The number of aryl methyl sites for hydroxylation is 1. The van der Waals surface area contributed by atoms with Crippen molar-refractivity contribution >= 4 is 29.2 Å². The average Bonchev–Trinajstić information content (AvgIpc) is 3.18. The largest absolute Gasteiger partial charge is 0.457 e. The molecule has 1 aliphatic rings. The predicted octanol–water partition coefficient (Wildman–Crippen LogP) is 8.03. The van der Waals surface area contributed by atoms with E-state index in [-0.39, 0.29) is 36.9 Å². The smallest absolute Gasteiger partial charge is 0.412 e. The Kier molecular flexibility index (Phi) is 10.7. The summed E-state index contributed by atoms with van der Waals surface area (Å²) in [6.07, 6.45) is 2.02. The summed E-state index contributed by atoms with van der Waals surface area (Å²) in [6.45, 7) is 11.1. The maximum absolute atomic E-state index is 13.7. The molecule has 0 N–H and O–H groups in total. The second kappa shape index (κ2) is 12.8. The molecule has 0 amide bonds. The molecular formula is C28H38F3NO3S. The Bertz CT molecular complexity index is 1000. The fourth-order valence-corrected chi connectivity index (χ4v) is 5.00. The van der Waals surface area contributed by atoms with Crippen molar-refractivity contribution in [3.8, 4) is 0 Å². The lowest BCUT2D eigenvalue weighted by Gasteiger charge is -2.28. The number of alkyl halides is 3. The van der Waals surface area contributed by atoms with E-state index in [1.54, 1.807) is 19.1 Å². The Morgan fingerprint density at radius 3 is 2.50 bits per heavy atom. The Balaban J connectivity index is 2.39. The number of allylic oxidation sites excluding steroid dienone is 3. The lowest BCUT2D eigenvalue weighted by atomic mass is 9.76. The van der Waals surface area contributed by atoms with E-state index in [0.29, 0.717) is 30.5 Å². The monoisotopic (exact) mass is 525 g/mol. The van der Waals surface area contributed by atoms with E-state index in [1.807, 2.05) is 40.0 Å². The minimum Gasteiger partial charge on any atom is -0.457 e. The van der Waals surface area contributed by atoms with Crippen LogP contribution in [0.1, 0.15) is 83.8 Å². The summed E-state index contributed by atoms with van der Waals surface area (Å²) in [5, 5.41) is 2.71. The number of carbonyl (C=O) groups is 2. The molecule has 1 aromatic heterocycles. The zero-order valence-electron chi connectivity index (χ0n) is 22.1. The summed E-state index contributed by atoms with van der Waals surface area (Å²) in [7, 11) is 0. The number of hydrogen-bond donors (Lipinski definition) is 0. The third-order valence-electron chi connectivity index (χ3n) is 6.60. The summed E-state index contributed by atoms with van der Waals surface area (Å²) in [5.74, 6) is -0.500. The van der Waals surface area contributed by atoms with Gasteiger partial charge in [0.05, 0.1) is 10.7 Å². The van der Waals surface area contributed by atoms with Gasteiger partial charge in [0.1, 0.15) is 11.9 Å². The number of Topliss-reactive ketones (excluding diaryl/α,β-unsaturated/α-hetero) is 1. The van der Waals surface area contributed by atoms with Gasteiger partial charge in [-0.25, -0.2) is 4.98 Å². The van der Waals surface area contributed by atoms with Gasteiger partial charge >= 0.3 is 12.1 Å². The molecule has 3 atom stereocenters. The van der Waals surface area contributed by atoms with E-state index in [1.165, 1.54) is 17.4 Å². The van der Waals surface area contributed by atoms with Crippen molar-refractivity contribution in [1.82, 2.24) is 4.98 Å². The molecule has 0 aromatic carbocycles. The average molecular weight is 526 g/mol. The zero-order valence-corrected chi connectivity index (χ0v) is 22.9. The summed E-state index contributed by atoms with van der Waals surface area (Å²) < 4.78 is 46.9. The molecule has 1 aliphatic heterocycles. The van der Waals surface area contributed by atoms with Gasteiger partial charge in [-0.3, -0.25) is 9.59 Å².